The largest absolute Gasteiger partial charge is 0.444 e. The minimum atomic E-state index is -0.556. The van der Waals surface area contributed by atoms with Gasteiger partial charge in [-0.2, -0.15) is 0 Å². The zero-order valence-corrected chi connectivity index (χ0v) is 29.5. The van der Waals surface area contributed by atoms with Crippen molar-refractivity contribution in [3.8, 4) is 0 Å². The molecule has 1 spiro atoms. The van der Waals surface area contributed by atoms with Crippen LogP contribution in [0.3, 0.4) is 0 Å². The Labute approximate surface area is 293 Å². The molecule has 2 aromatic heterocycles. The molecule has 2 atom stereocenters. The first-order chi connectivity index (χ1) is 24.3. The molecule has 5 aliphatic rings. The van der Waals surface area contributed by atoms with Gasteiger partial charge in [0.15, 0.2) is 23.2 Å². The Bertz CT molecular complexity index is 1920. The highest BCUT2D eigenvalue weighted by Crippen LogP contribution is 2.52. The number of anilines is 4. The molecule has 262 valence electrons. The van der Waals surface area contributed by atoms with Crippen molar-refractivity contribution in [1.82, 2.24) is 25.1 Å². The number of para-hydroxylation sites is 1. The van der Waals surface area contributed by atoms with Crippen LogP contribution in [0, 0.1) is 5.41 Å². The molecule has 0 radical (unpaired) electrons. The van der Waals surface area contributed by atoms with Gasteiger partial charge < -0.3 is 29.5 Å². The average molecular weight is 677 g/mol. The van der Waals surface area contributed by atoms with Crippen LogP contribution in [-0.4, -0.2) is 70.8 Å². The second-order valence-electron chi connectivity index (χ2n) is 15.8. The molecule has 50 heavy (non-hydrogen) atoms. The van der Waals surface area contributed by atoms with Gasteiger partial charge >= 0.3 is 6.09 Å². The second-order valence-corrected chi connectivity index (χ2v) is 15.8. The lowest BCUT2D eigenvalue weighted by Crippen LogP contribution is -2.48. The minimum absolute atomic E-state index is 0.0868. The van der Waals surface area contributed by atoms with Crippen LogP contribution in [-0.2, 0) is 22.3 Å². The Kier molecular flexibility index (Phi) is 7.67. The summed E-state index contributed by atoms with van der Waals surface area (Å²) in [4.78, 5) is 30.8. The number of benzene rings is 2. The maximum Gasteiger partial charge on any atom is 0.408 e. The van der Waals surface area contributed by atoms with Crippen LogP contribution < -0.4 is 20.0 Å². The molecular formula is C39H48N8O3. The summed E-state index contributed by atoms with van der Waals surface area (Å²) >= 11 is 0. The highest BCUT2D eigenvalue weighted by molar-refractivity contribution is 5.91. The van der Waals surface area contributed by atoms with Crippen molar-refractivity contribution >= 4 is 40.3 Å². The Hall–Kier alpha value is -4.38. The predicted octanol–water partition coefficient (Wildman–Crippen LogP) is 6.84. The number of ether oxygens (including phenoxy) is 2. The fourth-order valence-corrected chi connectivity index (χ4v) is 9.15. The number of alkyl carbamates (subject to hydrolysis) is 1. The van der Waals surface area contributed by atoms with Gasteiger partial charge in [0, 0.05) is 44.7 Å². The van der Waals surface area contributed by atoms with E-state index in [4.69, 9.17) is 24.5 Å². The number of fused-ring (bicyclic) bond motifs is 2. The molecule has 1 unspecified atom stereocenters. The van der Waals surface area contributed by atoms with Crippen molar-refractivity contribution in [2.75, 3.05) is 54.0 Å². The van der Waals surface area contributed by atoms with Crippen molar-refractivity contribution in [1.29, 1.82) is 0 Å². The lowest BCUT2D eigenvalue weighted by Gasteiger charge is -2.43. The molecule has 0 saturated carbocycles. The van der Waals surface area contributed by atoms with Gasteiger partial charge in [-0.05, 0) is 94.9 Å². The molecule has 6 heterocycles. The number of carbonyl (C=O) groups excluding carboxylic acids is 1. The Morgan fingerprint density at radius 3 is 2.62 bits per heavy atom. The first kappa shape index (κ1) is 31.6. The van der Waals surface area contributed by atoms with Crippen LogP contribution in [0.25, 0.3) is 11.2 Å². The van der Waals surface area contributed by atoms with E-state index in [9.17, 15) is 4.79 Å². The number of carbonyl (C=O) groups is 1. The smallest absolute Gasteiger partial charge is 0.408 e. The molecule has 2 saturated heterocycles. The average Bonchev–Trinajstić information content (AvgIpc) is 3.64. The van der Waals surface area contributed by atoms with Gasteiger partial charge in [-0.25, -0.2) is 19.4 Å². The first-order valence-corrected chi connectivity index (χ1v) is 18.6. The molecule has 4 aliphatic heterocycles. The third kappa shape index (κ3) is 5.45. The number of amides is 1. The molecule has 1 N–H and O–H groups in total. The SMILES string of the molecule is CC(C)(C)OC(=O)N[C@@H]1c2ccccc2CC12CCN(c1cnc3c(N4CCN5CCCc6cccc4c65)nn(C4CCCCO4)c3n1)CC2. The summed E-state index contributed by atoms with van der Waals surface area (Å²) in [5.41, 5.74) is 7.47. The predicted molar refractivity (Wildman–Crippen MR) is 194 cm³/mol. The maximum atomic E-state index is 13.1. The highest BCUT2D eigenvalue weighted by Gasteiger charge is 2.49. The van der Waals surface area contributed by atoms with Crippen LogP contribution in [0.4, 0.5) is 27.8 Å². The number of piperidine rings is 1. The Morgan fingerprint density at radius 1 is 0.960 bits per heavy atom. The summed E-state index contributed by atoms with van der Waals surface area (Å²) in [7, 11) is 0. The molecule has 1 aliphatic carbocycles. The number of hydrogen-bond donors (Lipinski definition) is 1. The third-order valence-corrected chi connectivity index (χ3v) is 11.5. The van der Waals surface area contributed by atoms with Crippen LogP contribution in [0.15, 0.2) is 48.7 Å². The lowest BCUT2D eigenvalue weighted by atomic mass is 9.72. The van der Waals surface area contributed by atoms with E-state index in [0.29, 0.717) is 0 Å². The number of hydrogen-bond acceptors (Lipinski definition) is 9. The summed E-state index contributed by atoms with van der Waals surface area (Å²) < 4.78 is 14.0. The van der Waals surface area contributed by atoms with E-state index in [1.54, 1.807) is 0 Å². The maximum absolute atomic E-state index is 13.1. The van der Waals surface area contributed by atoms with Crippen molar-refractivity contribution in [2.24, 2.45) is 5.41 Å². The second kappa shape index (κ2) is 12.1. The number of nitrogens with one attached hydrogen (secondary N) is 1. The van der Waals surface area contributed by atoms with Crippen molar-refractivity contribution < 1.29 is 14.3 Å². The van der Waals surface area contributed by atoms with Gasteiger partial charge in [-0.15, -0.1) is 5.10 Å². The summed E-state index contributed by atoms with van der Waals surface area (Å²) in [5, 5.41) is 8.56. The Morgan fingerprint density at radius 2 is 1.80 bits per heavy atom. The van der Waals surface area contributed by atoms with E-state index in [0.717, 1.165) is 107 Å². The van der Waals surface area contributed by atoms with Gasteiger partial charge in [-0.1, -0.05) is 36.4 Å². The topological polar surface area (TPSA) is 101 Å². The number of aryl methyl sites for hydroxylation is 1. The van der Waals surface area contributed by atoms with E-state index in [-0.39, 0.29) is 23.8 Å². The molecule has 1 amide bonds. The number of nitrogens with zero attached hydrogens (tertiary/aromatic N) is 7. The molecular weight excluding hydrogens is 628 g/mol. The van der Waals surface area contributed by atoms with Gasteiger partial charge in [-0.3, -0.25) is 0 Å². The van der Waals surface area contributed by atoms with E-state index in [1.165, 1.54) is 34.5 Å². The van der Waals surface area contributed by atoms with Crippen LogP contribution in [0.5, 0.6) is 0 Å². The normalized spacial score (nSPS) is 22.8. The van der Waals surface area contributed by atoms with Crippen LogP contribution >= 0.6 is 0 Å². The molecule has 9 rings (SSSR count). The first-order valence-electron chi connectivity index (χ1n) is 18.6. The highest BCUT2D eigenvalue weighted by atomic mass is 16.6. The van der Waals surface area contributed by atoms with Crippen LogP contribution in [0.1, 0.15) is 88.3 Å². The zero-order chi connectivity index (χ0) is 34.0. The number of rotatable bonds is 4. The molecule has 11 heteroatoms. The summed E-state index contributed by atoms with van der Waals surface area (Å²) in [5.74, 6) is 1.73. The third-order valence-electron chi connectivity index (χ3n) is 11.5. The molecule has 2 fully saturated rings. The Balaban J connectivity index is 1.02. The minimum Gasteiger partial charge on any atom is -0.444 e. The van der Waals surface area contributed by atoms with Crippen molar-refractivity contribution in [3.05, 3.63) is 65.4 Å². The van der Waals surface area contributed by atoms with Gasteiger partial charge in [0.05, 0.1) is 23.6 Å². The summed E-state index contributed by atoms with van der Waals surface area (Å²) in [6.45, 7) is 11.0. The van der Waals surface area contributed by atoms with E-state index >= 15 is 0 Å². The zero-order valence-electron chi connectivity index (χ0n) is 29.5. The lowest BCUT2D eigenvalue weighted by molar-refractivity contribution is -0.0368. The van der Waals surface area contributed by atoms with E-state index in [2.05, 4.69) is 62.5 Å². The fraction of sp³-hybridized carbons (Fsp3) is 0.538. The molecule has 11 nitrogen and oxygen atoms in total. The molecule has 0 bridgehead atoms. The van der Waals surface area contributed by atoms with Gasteiger partial charge in [0.2, 0.25) is 0 Å². The van der Waals surface area contributed by atoms with Crippen molar-refractivity contribution in [3.63, 3.8) is 0 Å². The number of aromatic nitrogens is 4. The molecule has 2 aromatic carbocycles. The van der Waals surface area contributed by atoms with Gasteiger partial charge in [0.25, 0.3) is 0 Å². The van der Waals surface area contributed by atoms with Gasteiger partial charge in [0.1, 0.15) is 11.4 Å². The standard InChI is InChI=1S/C39H48N8O3/c1-38(2,3)50-37(48)42-34-28-13-5-4-10-27(28)24-39(34)16-19-44(20-17-39)30-25-40-32-35(41-30)47(31-15-6-7-23-49-31)43-36(32)46-22-21-45-18-9-12-26-11-8-14-29(46)33(26)45/h4-5,8,10-11,13-14,25,31,34H,6-7,9,12,15-24H2,1-3H3,(H,42,48)/t31?,34-/m1/s1. The monoisotopic (exact) mass is 676 g/mol. The summed E-state index contributed by atoms with van der Waals surface area (Å²) in [6, 6.07) is 15.1. The quantitative estimate of drug-likeness (QED) is 0.249. The fourth-order valence-electron chi connectivity index (χ4n) is 9.15. The molecule has 4 aromatic rings. The van der Waals surface area contributed by atoms with Crippen LogP contribution in [0.2, 0.25) is 0 Å². The van der Waals surface area contributed by atoms with E-state index < -0.39 is 5.60 Å². The summed E-state index contributed by atoms with van der Waals surface area (Å²) in [6.07, 6.45) is 9.60. The van der Waals surface area contributed by atoms with Crippen molar-refractivity contribution in [2.45, 2.75) is 90.0 Å². The van der Waals surface area contributed by atoms with E-state index in [1.807, 2.05) is 31.6 Å².